The van der Waals surface area contributed by atoms with E-state index in [1.807, 2.05) is 24.3 Å². The number of carbonyl (C=O) groups is 2. The van der Waals surface area contributed by atoms with Gasteiger partial charge in [0.15, 0.2) is 0 Å². The number of amides is 2. The molecule has 2 aromatic carbocycles. The Hall–Kier alpha value is -2.82. The van der Waals surface area contributed by atoms with Crippen LogP contribution < -0.4 is 15.1 Å². The van der Waals surface area contributed by atoms with Crippen molar-refractivity contribution in [3.63, 3.8) is 0 Å². The molecular formula is C22H25N3O2. The number of carbonyl (C=O) groups excluding carboxylic acids is 2. The third-order valence-electron chi connectivity index (χ3n) is 5.32. The van der Waals surface area contributed by atoms with Crippen molar-refractivity contribution >= 4 is 28.9 Å². The van der Waals surface area contributed by atoms with Crippen LogP contribution in [-0.2, 0) is 16.0 Å². The quantitative estimate of drug-likeness (QED) is 0.904. The standard InChI is InChI=1S/C22H25N3O2/c1-16-6-11-20-17(14-16)4-2-12-24(20)15-21(26)23-18-7-9-19(10-8-18)25-13-3-5-22(25)27/h6-11,14H,2-5,12-13,15H2,1H3,(H,23,26). The van der Waals surface area contributed by atoms with Gasteiger partial charge in [-0.3, -0.25) is 9.59 Å². The van der Waals surface area contributed by atoms with E-state index < -0.39 is 0 Å². The topological polar surface area (TPSA) is 52.7 Å². The first-order valence-electron chi connectivity index (χ1n) is 9.65. The molecule has 0 spiro atoms. The van der Waals surface area contributed by atoms with Gasteiger partial charge in [0.1, 0.15) is 0 Å². The van der Waals surface area contributed by atoms with E-state index in [-0.39, 0.29) is 11.8 Å². The van der Waals surface area contributed by atoms with Gasteiger partial charge in [-0.2, -0.15) is 0 Å². The fourth-order valence-electron chi connectivity index (χ4n) is 3.99. The van der Waals surface area contributed by atoms with E-state index in [1.54, 1.807) is 4.90 Å². The minimum Gasteiger partial charge on any atom is -0.362 e. The summed E-state index contributed by atoms with van der Waals surface area (Å²) in [6.45, 7) is 4.13. The van der Waals surface area contributed by atoms with Gasteiger partial charge in [-0.05, 0) is 62.1 Å². The predicted octanol–water partition coefficient (Wildman–Crippen LogP) is 3.51. The third-order valence-corrected chi connectivity index (χ3v) is 5.32. The molecule has 0 radical (unpaired) electrons. The van der Waals surface area contributed by atoms with Crippen molar-refractivity contribution in [1.82, 2.24) is 0 Å². The number of anilines is 3. The van der Waals surface area contributed by atoms with Gasteiger partial charge in [0, 0.05) is 36.6 Å². The summed E-state index contributed by atoms with van der Waals surface area (Å²) in [6, 6.07) is 14.0. The Bertz CT molecular complexity index is 860. The fraction of sp³-hybridized carbons (Fsp3) is 0.364. The summed E-state index contributed by atoms with van der Waals surface area (Å²) in [5.74, 6) is 0.152. The van der Waals surface area contributed by atoms with Crippen molar-refractivity contribution in [1.29, 1.82) is 0 Å². The highest BCUT2D eigenvalue weighted by Crippen LogP contribution is 2.28. The minimum absolute atomic E-state index is 0.0200. The van der Waals surface area contributed by atoms with E-state index in [1.165, 1.54) is 16.8 Å². The zero-order valence-electron chi connectivity index (χ0n) is 15.7. The van der Waals surface area contributed by atoms with Gasteiger partial charge in [-0.1, -0.05) is 17.7 Å². The first-order chi connectivity index (χ1) is 13.1. The lowest BCUT2D eigenvalue weighted by Crippen LogP contribution is -2.36. The van der Waals surface area contributed by atoms with Gasteiger partial charge in [0.05, 0.1) is 6.54 Å². The van der Waals surface area contributed by atoms with Crippen LogP contribution in [0.3, 0.4) is 0 Å². The maximum atomic E-state index is 12.5. The zero-order chi connectivity index (χ0) is 18.8. The molecule has 1 N–H and O–H groups in total. The molecule has 2 aliphatic rings. The number of fused-ring (bicyclic) bond motifs is 1. The highest BCUT2D eigenvalue weighted by molar-refractivity contribution is 5.97. The normalized spacial score (nSPS) is 16.4. The van der Waals surface area contributed by atoms with Crippen molar-refractivity contribution in [2.45, 2.75) is 32.6 Å². The molecule has 2 amide bonds. The third kappa shape index (κ3) is 3.82. The Morgan fingerprint density at radius 2 is 1.81 bits per heavy atom. The van der Waals surface area contributed by atoms with Gasteiger partial charge in [0.2, 0.25) is 11.8 Å². The second-order valence-electron chi connectivity index (χ2n) is 7.40. The monoisotopic (exact) mass is 363 g/mol. The number of aryl methyl sites for hydroxylation is 2. The Kier molecular flexibility index (Phi) is 4.84. The predicted molar refractivity (Wildman–Crippen MR) is 108 cm³/mol. The molecule has 5 nitrogen and oxygen atoms in total. The lowest BCUT2D eigenvalue weighted by molar-refractivity contribution is -0.117. The van der Waals surface area contributed by atoms with Crippen LogP contribution in [0.1, 0.15) is 30.4 Å². The number of hydrogen-bond acceptors (Lipinski definition) is 3. The summed E-state index contributed by atoms with van der Waals surface area (Å²) in [6.07, 6.45) is 3.68. The molecular weight excluding hydrogens is 338 g/mol. The van der Waals surface area contributed by atoms with Gasteiger partial charge in [-0.15, -0.1) is 0 Å². The Labute approximate surface area is 160 Å². The Morgan fingerprint density at radius 3 is 2.56 bits per heavy atom. The highest BCUT2D eigenvalue weighted by Gasteiger charge is 2.22. The maximum absolute atomic E-state index is 12.5. The number of nitrogens with zero attached hydrogens (tertiary/aromatic N) is 2. The van der Waals surface area contributed by atoms with E-state index in [9.17, 15) is 9.59 Å². The molecule has 2 aliphatic heterocycles. The zero-order valence-corrected chi connectivity index (χ0v) is 15.7. The summed E-state index contributed by atoms with van der Waals surface area (Å²) < 4.78 is 0. The van der Waals surface area contributed by atoms with Crippen molar-refractivity contribution in [3.05, 3.63) is 53.6 Å². The van der Waals surface area contributed by atoms with E-state index in [0.29, 0.717) is 13.0 Å². The molecule has 5 heteroatoms. The van der Waals surface area contributed by atoms with E-state index in [4.69, 9.17) is 0 Å². The van der Waals surface area contributed by atoms with E-state index in [2.05, 4.69) is 35.3 Å². The fourth-order valence-corrected chi connectivity index (χ4v) is 3.99. The molecule has 27 heavy (non-hydrogen) atoms. The van der Waals surface area contributed by atoms with Crippen LogP contribution in [0.4, 0.5) is 17.1 Å². The number of benzene rings is 2. The Balaban J connectivity index is 1.39. The maximum Gasteiger partial charge on any atom is 0.243 e. The molecule has 0 saturated carbocycles. The van der Waals surface area contributed by atoms with Crippen LogP contribution in [0.2, 0.25) is 0 Å². The van der Waals surface area contributed by atoms with Crippen molar-refractivity contribution < 1.29 is 9.59 Å². The van der Waals surface area contributed by atoms with Crippen molar-refractivity contribution in [3.8, 4) is 0 Å². The van der Waals surface area contributed by atoms with Gasteiger partial charge in [0.25, 0.3) is 0 Å². The molecule has 4 rings (SSSR count). The molecule has 1 saturated heterocycles. The van der Waals surface area contributed by atoms with Crippen LogP contribution in [0.15, 0.2) is 42.5 Å². The van der Waals surface area contributed by atoms with Crippen LogP contribution >= 0.6 is 0 Å². The number of hydrogen-bond donors (Lipinski definition) is 1. The van der Waals surface area contributed by atoms with Crippen LogP contribution in [0.25, 0.3) is 0 Å². The summed E-state index contributed by atoms with van der Waals surface area (Å²) in [5, 5.41) is 2.98. The van der Waals surface area contributed by atoms with Crippen molar-refractivity contribution in [2.75, 3.05) is 34.8 Å². The summed E-state index contributed by atoms with van der Waals surface area (Å²) >= 11 is 0. The summed E-state index contributed by atoms with van der Waals surface area (Å²) in [7, 11) is 0. The lowest BCUT2D eigenvalue weighted by atomic mass is 9.99. The first kappa shape index (κ1) is 17.6. The van der Waals surface area contributed by atoms with Gasteiger partial charge in [-0.25, -0.2) is 0 Å². The summed E-state index contributed by atoms with van der Waals surface area (Å²) in [4.78, 5) is 28.3. The smallest absolute Gasteiger partial charge is 0.243 e. The van der Waals surface area contributed by atoms with Crippen LogP contribution in [-0.4, -0.2) is 31.4 Å². The largest absolute Gasteiger partial charge is 0.362 e. The highest BCUT2D eigenvalue weighted by atomic mass is 16.2. The Morgan fingerprint density at radius 1 is 1.04 bits per heavy atom. The lowest BCUT2D eigenvalue weighted by Gasteiger charge is -2.31. The van der Waals surface area contributed by atoms with Gasteiger partial charge < -0.3 is 15.1 Å². The number of nitrogens with one attached hydrogen (secondary N) is 1. The molecule has 0 unspecified atom stereocenters. The average Bonchev–Trinajstić information content (AvgIpc) is 3.08. The minimum atomic E-state index is -0.0200. The van der Waals surface area contributed by atoms with Crippen molar-refractivity contribution in [2.24, 2.45) is 0 Å². The second-order valence-corrected chi connectivity index (χ2v) is 7.40. The first-order valence-corrected chi connectivity index (χ1v) is 9.65. The molecule has 0 atom stereocenters. The van der Waals surface area contributed by atoms with E-state index in [0.717, 1.165) is 43.7 Å². The molecule has 140 valence electrons. The summed E-state index contributed by atoms with van der Waals surface area (Å²) in [5.41, 5.74) is 5.42. The molecule has 0 aromatic heterocycles. The van der Waals surface area contributed by atoms with Crippen LogP contribution in [0, 0.1) is 6.92 Å². The second kappa shape index (κ2) is 7.43. The SMILES string of the molecule is Cc1ccc2c(c1)CCCN2CC(=O)Nc1ccc(N2CCCC2=O)cc1. The van der Waals surface area contributed by atoms with Crippen LogP contribution in [0.5, 0.6) is 0 Å². The molecule has 2 heterocycles. The number of rotatable bonds is 4. The molecule has 1 fully saturated rings. The molecule has 0 bridgehead atoms. The molecule has 0 aliphatic carbocycles. The van der Waals surface area contributed by atoms with Gasteiger partial charge >= 0.3 is 0 Å². The molecule has 2 aromatic rings. The van der Waals surface area contributed by atoms with E-state index >= 15 is 0 Å². The average molecular weight is 363 g/mol.